The maximum Gasteiger partial charge on any atom is 0.255 e. The van der Waals surface area contributed by atoms with Crippen molar-refractivity contribution in [2.75, 3.05) is 26.6 Å². The van der Waals surface area contributed by atoms with E-state index >= 15 is 0 Å². The average Bonchev–Trinajstić information content (AvgIpc) is 2.55. The summed E-state index contributed by atoms with van der Waals surface area (Å²) < 4.78 is 16.8. The maximum atomic E-state index is 12.4. The smallest absolute Gasteiger partial charge is 0.255 e. The van der Waals surface area contributed by atoms with Gasteiger partial charge in [-0.3, -0.25) is 4.79 Å². The van der Waals surface area contributed by atoms with E-state index in [1.165, 1.54) is 21.3 Å². The Labute approximate surface area is 142 Å². The fraction of sp³-hybridized carbons (Fsp3) is 0.188. The molecule has 0 saturated heterocycles. The third kappa shape index (κ3) is 3.62. The van der Waals surface area contributed by atoms with Crippen molar-refractivity contribution in [3.63, 3.8) is 0 Å². The van der Waals surface area contributed by atoms with Crippen LogP contribution in [0.15, 0.2) is 36.4 Å². The highest BCUT2D eigenvalue weighted by atomic mass is 127. The molecule has 2 aromatic carbocycles. The number of rotatable bonds is 5. The number of methoxy groups -OCH3 is 3. The number of halogens is 1. The molecule has 6 heteroatoms. The molecule has 0 aliphatic carbocycles. The predicted molar refractivity (Wildman–Crippen MR) is 93.2 cm³/mol. The molecule has 0 bridgehead atoms. The van der Waals surface area contributed by atoms with Gasteiger partial charge in [0.25, 0.3) is 5.91 Å². The van der Waals surface area contributed by atoms with E-state index in [0.717, 1.165) is 9.26 Å². The van der Waals surface area contributed by atoms with E-state index in [9.17, 15) is 4.79 Å². The largest absolute Gasteiger partial charge is 0.493 e. The first-order chi connectivity index (χ1) is 10.6. The summed E-state index contributed by atoms with van der Waals surface area (Å²) in [4.78, 5) is 12.4. The molecule has 0 heterocycles. The molecular weight excluding hydrogens is 397 g/mol. The van der Waals surface area contributed by atoms with Crippen LogP contribution in [0, 0.1) is 3.57 Å². The fourth-order valence-corrected chi connectivity index (χ4v) is 2.31. The zero-order chi connectivity index (χ0) is 16.1. The number of amides is 1. The van der Waals surface area contributed by atoms with Crippen molar-refractivity contribution in [3.05, 3.63) is 45.5 Å². The van der Waals surface area contributed by atoms with Gasteiger partial charge in [-0.2, -0.15) is 0 Å². The molecule has 0 saturated carbocycles. The van der Waals surface area contributed by atoms with Crippen molar-refractivity contribution in [3.8, 4) is 17.2 Å². The summed E-state index contributed by atoms with van der Waals surface area (Å²) in [6.07, 6.45) is 0. The van der Waals surface area contributed by atoms with Gasteiger partial charge in [0.05, 0.1) is 21.3 Å². The van der Waals surface area contributed by atoms with Crippen LogP contribution in [0.5, 0.6) is 17.2 Å². The Morgan fingerprint density at radius 2 is 1.50 bits per heavy atom. The number of hydrogen-bond donors (Lipinski definition) is 1. The molecule has 0 aliphatic rings. The van der Waals surface area contributed by atoms with Crippen LogP contribution in [0.25, 0.3) is 0 Å². The monoisotopic (exact) mass is 413 g/mol. The summed E-state index contributed by atoms with van der Waals surface area (Å²) in [5.41, 5.74) is 1.15. The number of hydrogen-bond acceptors (Lipinski definition) is 4. The van der Waals surface area contributed by atoms with Crippen LogP contribution in [0.1, 0.15) is 10.4 Å². The molecule has 0 aliphatic heterocycles. The normalized spacial score (nSPS) is 10.0. The van der Waals surface area contributed by atoms with Crippen LogP contribution in [0.4, 0.5) is 5.69 Å². The molecule has 0 aromatic heterocycles. The van der Waals surface area contributed by atoms with Crippen LogP contribution in [-0.2, 0) is 0 Å². The number of anilines is 1. The number of carbonyl (C=O) groups excluding carboxylic acids is 1. The minimum absolute atomic E-state index is 0.250. The van der Waals surface area contributed by atoms with Crippen molar-refractivity contribution in [2.24, 2.45) is 0 Å². The Balaban J connectivity index is 2.31. The highest BCUT2D eigenvalue weighted by molar-refractivity contribution is 14.1. The molecule has 0 spiro atoms. The summed E-state index contributed by atoms with van der Waals surface area (Å²) in [5, 5.41) is 2.83. The van der Waals surface area contributed by atoms with Crippen molar-refractivity contribution < 1.29 is 19.0 Å². The van der Waals surface area contributed by atoms with Gasteiger partial charge in [0.15, 0.2) is 11.5 Å². The van der Waals surface area contributed by atoms with Crippen LogP contribution in [0.3, 0.4) is 0 Å². The SMILES string of the molecule is COc1cc(C(=O)Nc2ccc(I)cc2)cc(OC)c1OC. The minimum atomic E-state index is -0.250. The summed E-state index contributed by atoms with van der Waals surface area (Å²) in [6.45, 7) is 0. The van der Waals surface area contributed by atoms with Crippen molar-refractivity contribution >= 4 is 34.2 Å². The molecule has 0 fully saturated rings. The minimum Gasteiger partial charge on any atom is -0.493 e. The quantitative estimate of drug-likeness (QED) is 0.762. The van der Waals surface area contributed by atoms with Gasteiger partial charge in [-0.05, 0) is 59.0 Å². The fourth-order valence-electron chi connectivity index (χ4n) is 1.95. The molecule has 2 rings (SSSR count). The molecule has 0 radical (unpaired) electrons. The molecule has 0 unspecified atom stereocenters. The van der Waals surface area contributed by atoms with Crippen LogP contribution < -0.4 is 19.5 Å². The Morgan fingerprint density at radius 1 is 0.955 bits per heavy atom. The maximum absolute atomic E-state index is 12.4. The zero-order valence-electron chi connectivity index (χ0n) is 12.5. The number of ether oxygens (including phenoxy) is 3. The van der Waals surface area contributed by atoms with Crippen molar-refractivity contribution in [2.45, 2.75) is 0 Å². The Morgan fingerprint density at radius 3 is 1.95 bits per heavy atom. The molecule has 0 atom stereocenters. The molecule has 1 N–H and O–H groups in total. The summed E-state index contributed by atoms with van der Waals surface area (Å²) in [7, 11) is 4.54. The lowest BCUT2D eigenvalue weighted by atomic mass is 10.1. The van der Waals surface area contributed by atoms with E-state index in [1.54, 1.807) is 12.1 Å². The van der Waals surface area contributed by atoms with Gasteiger partial charge in [-0.25, -0.2) is 0 Å². The van der Waals surface area contributed by atoms with E-state index in [1.807, 2.05) is 24.3 Å². The van der Waals surface area contributed by atoms with Gasteiger partial charge in [-0.1, -0.05) is 0 Å². The van der Waals surface area contributed by atoms with Gasteiger partial charge in [0, 0.05) is 14.8 Å². The number of benzene rings is 2. The highest BCUT2D eigenvalue weighted by Crippen LogP contribution is 2.38. The van der Waals surface area contributed by atoms with Crippen LogP contribution in [0.2, 0.25) is 0 Å². The first-order valence-electron chi connectivity index (χ1n) is 6.46. The molecular formula is C16H16INO4. The van der Waals surface area contributed by atoms with Crippen molar-refractivity contribution in [1.82, 2.24) is 0 Å². The molecule has 2 aromatic rings. The van der Waals surface area contributed by atoms with Gasteiger partial charge >= 0.3 is 0 Å². The second-order valence-electron chi connectivity index (χ2n) is 4.38. The van der Waals surface area contributed by atoms with Gasteiger partial charge in [0.1, 0.15) is 0 Å². The average molecular weight is 413 g/mol. The lowest BCUT2D eigenvalue weighted by Crippen LogP contribution is -2.12. The number of nitrogens with one attached hydrogen (secondary N) is 1. The van der Waals surface area contributed by atoms with E-state index in [4.69, 9.17) is 14.2 Å². The van der Waals surface area contributed by atoms with E-state index in [-0.39, 0.29) is 5.91 Å². The van der Waals surface area contributed by atoms with Gasteiger partial charge < -0.3 is 19.5 Å². The number of carbonyl (C=O) groups is 1. The van der Waals surface area contributed by atoms with E-state index < -0.39 is 0 Å². The Bertz CT molecular complexity index is 645. The molecule has 5 nitrogen and oxygen atoms in total. The lowest BCUT2D eigenvalue weighted by molar-refractivity contribution is 0.102. The molecule has 1 amide bonds. The second-order valence-corrected chi connectivity index (χ2v) is 5.62. The molecule has 22 heavy (non-hydrogen) atoms. The van der Waals surface area contributed by atoms with E-state index in [2.05, 4.69) is 27.9 Å². The second kappa shape index (κ2) is 7.35. The van der Waals surface area contributed by atoms with Crippen LogP contribution in [-0.4, -0.2) is 27.2 Å². The van der Waals surface area contributed by atoms with Gasteiger partial charge in [-0.15, -0.1) is 0 Å². The zero-order valence-corrected chi connectivity index (χ0v) is 14.6. The summed E-state index contributed by atoms with van der Waals surface area (Å²) in [6, 6.07) is 10.8. The summed E-state index contributed by atoms with van der Waals surface area (Å²) in [5.74, 6) is 1.08. The standard InChI is InChI=1S/C16H16INO4/c1-20-13-8-10(9-14(21-2)15(13)22-3)16(19)18-12-6-4-11(17)5-7-12/h4-9H,1-3H3,(H,18,19). The van der Waals surface area contributed by atoms with E-state index in [0.29, 0.717) is 22.8 Å². The van der Waals surface area contributed by atoms with Gasteiger partial charge in [0.2, 0.25) is 5.75 Å². The highest BCUT2D eigenvalue weighted by Gasteiger charge is 2.17. The third-order valence-corrected chi connectivity index (χ3v) is 3.75. The summed E-state index contributed by atoms with van der Waals surface area (Å²) >= 11 is 2.21. The topological polar surface area (TPSA) is 56.8 Å². The predicted octanol–water partition coefficient (Wildman–Crippen LogP) is 3.57. The first-order valence-corrected chi connectivity index (χ1v) is 7.54. The third-order valence-electron chi connectivity index (χ3n) is 3.03. The van der Waals surface area contributed by atoms with Crippen molar-refractivity contribution in [1.29, 1.82) is 0 Å². The lowest BCUT2D eigenvalue weighted by Gasteiger charge is -2.14. The first kappa shape index (κ1) is 16.4. The Kier molecular flexibility index (Phi) is 5.48. The Hall–Kier alpha value is -1.96. The molecule has 116 valence electrons. The van der Waals surface area contributed by atoms with Crippen LogP contribution >= 0.6 is 22.6 Å².